The highest BCUT2D eigenvalue weighted by Crippen LogP contribution is 2.23. The molecule has 3 aromatic carbocycles. The van der Waals surface area contributed by atoms with Gasteiger partial charge in [0, 0.05) is 6.54 Å². The van der Waals surface area contributed by atoms with Gasteiger partial charge in [0.25, 0.3) is 10.0 Å². The van der Waals surface area contributed by atoms with Gasteiger partial charge in [-0.1, -0.05) is 42.5 Å². The molecule has 0 fully saturated rings. The van der Waals surface area contributed by atoms with Gasteiger partial charge in [-0.05, 0) is 60.9 Å². The van der Waals surface area contributed by atoms with Gasteiger partial charge in [-0.3, -0.25) is 9.10 Å². The fourth-order valence-electron chi connectivity index (χ4n) is 3.14. The van der Waals surface area contributed by atoms with E-state index in [2.05, 4.69) is 5.32 Å². The summed E-state index contributed by atoms with van der Waals surface area (Å²) in [5, 5.41) is 2.82. The number of hydrogen-bond acceptors (Lipinski definition) is 4. The third-order valence-corrected chi connectivity index (χ3v) is 6.57. The van der Waals surface area contributed by atoms with Crippen molar-refractivity contribution in [2.24, 2.45) is 0 Å². The van der Waals surface area contributed by atoms with E-state index in [1.54, 1.807) is 55.6 Å². The molecular formula is C24H26N2O4S. The molecule has 7 heteroatoms. The zero-order valence-corrected chi connectivity index (χ0v) is 18.4. The Morgan fingerprint density at radius 3 is 2.32 bits per heavy atom. The molecule has 0 aliphatic carbocycles. The van der Waals surface area contributed by atoms with Gasteiger partial charge in [0.15, 0.2) is 0 Å². The fourth-order valence-corrected chi connectivity index (χ4v) is 4.66. The van der Waals surface area contributed by atoms with Crippen LogP contribution in [-0.4, -0.2) is 34.5 Å². The molecule has 0 aromatic heterocycles. The van der Waals surface area contributed by atoms with E-state index in [9.17, 15) is 13.2 Å². The van der Waals surface area contributed by atoms with Gasteiger partial charge in [0.05, 0.1) is 17.7 Å². The number of carbonyl (C=O) groups excluding carboxylic acids is 1. The summed E-state index contributed by atoms with van der Waals surface area (Å²) < 4.78 is 32.9. The molecule has 6 nitrogen and oxygen atoms in total. The van der Waals surface area contributed by atoms with E-state index in [0.29, 0.717) is 18.7 Å². The molecule has 0 aliphatic heterocycles. The summed E-state index contributed by atoms with van der Waals surface area (Å²) in [6, 6.07) is 22.9. The predicted molar refractivity (Wildman–Crippen MR) is 122 cm³/mol. The van der Waals surface area contributed by atoms with Crippen LogP contribution in [0.25, 0.3) is 0 Å². The standard InChI is InChI=1S/C24H26N2O4S/c1-19-7-6-10-23(17-19)31(28,29)26(21-8-4-3-5-9-21)18-24(27)25-16-15-20-11-13-22(30-2)14-12-20/h3-14,17H,15-16,18H2,1-2H3,(H,25,27). The van der Waals surface area contributed by atoms with Crippen LogP contribution in [-0.2, 0) is 21.2 Å². The molecule has 1 amide bonds. The van der Waals surface area contributed by atoms with Crippen molar-refractivity contribution >= 4 is 21.6 Å². The van der Waals surface area contributed by atoms with Crippen molar-refractivity contribution in [2.75, 3.05) is 24.5 Å². The molecule has 31 heavy (non-hydrogen) atoms. The monoisotopic (exact) mass is 438 g/mol. The molecule has 0 saturated carbocycles. The largest absolute Gasteiger partial charge is 0.497 e. The molecule has 0 radical (unpaired) electrons. The van der Waals surface area contributed by atoms with E-state index < -0.39 is 10.0 Å². The first-order valence-corrected chi connectivity index (χ1v) is 11.4. The first-order chi connectivity index (χ1) is 14.9. The lowest BCUT2D eigenvalue weighted by Gasteiger charge is -2.24. The molecular weight excluding hydrogens is 412 g/mol. The number of nitrogens with one attached hydrogen (secondary N) is 1. The Labute approximate surface area is 183 Å². The molecule has 1 N–H and O–H groups in total. The Hall–Kier alpha value is -3.32. The van der Waals surface area contributed by atoms with Crippen molar-refractivity contribution in [1.29, 1.82) is 0 Å². The number of carbonyl (C=O) groups is 1. The highest BCUT2D eigenvalue weighted by atomic mass is 32.2. The summed E-state index contributed by atoms with van der Waals surface area (Å²) in [5.74, 6) is 0.404. The lowest BCUT2D eigenvalue weighted by Crippen LogP contribution is -2.41. The minimum absolute atomic E-state index is 0.155. The molecule has 3 aromatic rings. The van der Waals surface area contributed by atoms with Crippen LogP contribution in [0.2, 0.25) is 0 Å². The van der Waals surface area contributed by atoms with Crippen LogP contribution < -0.4 is 14.4 Å². The third kappa shape index (κ3) is 5.86. The van der Waals surface area contributed by atoms with Crippen LogP contribution >= 0.6 is 0 Å². The Bertz CT molecular complexity index is 1110. The molecule has 3 rings (SSSR count). The molecule has 0 saturated heterocycles. The lowest BCUT2D eigenvalue weighted by molar-refractivity contribution is -0.119. The molecule has 0 bridgehead atoms. The van der Waals surface area contributed by atoms with Crippen LogP contribution in [0.3, 0.4) is 0 Å². The van der Waals surface area contributed by atoms with Crippen molar-refractivity contribution in [3.05, 3.63) is 90.0 Å². The second kappa shape index (κ2) is 10.1. The Kier molecular flexibility index (Phi) is 7.31. The fraction of sp³-hybridized carbons (Fsp3) is 0.208. The number of ether oxygens (including phenoxy) is 1. The minimum Gasteiger partial charge on any atom is -0.497 e. The lowest BCUT2D eigenvalue weighted by atomic mass is 10.1. The van der Waals surface area contributed by atoms with Crippen molar-refractivity contribution in [3.63, 3.8) is 0 Å². The number of hydrogen-bond donors (Lipinski definition) is 1. The van der Waals surface area contributed by atoms with Crippen molar-refractivity contribution in [1.82, 2.24) is 5.32 Å². The maximum Gasteiger partial charge on any atom is 0.264 e. The molecule has 0 unspecified atom stereocenters. The summed E-state index contributed by atoms with van der Waals surface area (Å²) >= 11 is 0. The summed E-state index contributed by atoms with van der Waals surface area (Å²) in [6.07, 6.45) is 0.631. The number of methoxy groups -OCH3 is 1. The Balaban J connectivity index is 1.72. The topological polar surface area (TPSA) is 75.7 Å². The highest BCUT2D eigenvalue weighted by molar-refractivity contribution is 7.92. The zero-order valence-electron chi connectivity index (χ0n) is 17.6. The molecule has 0 aliphatic rings. The quantitative estimate of drug-likeness (QED) is 0.554. The second-order valence-electron chi connectivity index (χ2n) is 7.11. The Morgan fingerprint density at radius 2 is 1.68 bits per heavy atom. The van der Waals surface area contributed by atoms with Crippen molar-refractivity contribution < 1.29 is 17.9 Å². The maximum absolute atomic E-state index is 13.3. The molecule has 0 heterocycles. The van der Waals surface area contributed by atoms with Gasteiger partial charge in [-0.25, -0.2) is 8.42 Å². The smallest absolute Gasteiger partial charge is 0.264 e. The van der Waals surface area contributed by atoms with Gasteiger partial charge in [0.2, 0.25) is 5.91 Å². The van der Waals surface area contributed by atoms with Gasteiger partial charge in [0.1, 0.15) is 12.3 Å². The van der Waals surface area contributed by atoms with E-state index in [1.165, 1.54) is 0 Å². The van der Waals surface area contributed by atoms with Gasteiger partial charge < -0.3 is 10.1 Å². The van der Waals surface area contributed by atoms with Crippen molar-refractivity contribution in [2.45, 2.75) is 18.2 Å². The number of amides is 1. The van der Waals surface area contributed by atoms with Crippen LogP contribution in [0, 0.1) is 6.92 Å². The summed E-state index contributed by atoms with van der Waals surface area (Å²) in [4.78, 5) is 12.8. The first kappa shape index (κ1) is 22.4. The molecule has 162 valence electrons. The SMILES string of the molecule is COc1ccc(CCNC(=O)CN(c2ccccc2)S(=O)(=O)c2cccc(C)c2)cc1. The van der Waals surface area contributed by atoms with Gasteiger partial charge >= 0.3 is 0 Å². The van der Waals surface area contributed by atoms with Crippen LogP contribution in [0.15, 0.2) is 83.8 Å². The van der Waals surface area contributed by atoms with Crippen LogP contribution in [0.1, 0.15) is 11.1 Å². The number of para-hydroxylation sites is 1. The number of aryl methyl sites for hydroxylation is 1. The molecule has 0 spiro atoms. The second-order valence-corrected chi connectivity index (χ2v) is 8.97. The minimum atomic E-state index is -3.90. The van der Waals surface area contributed by atoms with Crippen LogP contribution in [0.4, 0.5) is 5.69 Å². The van der Waals surface area contributed by atoms with Gasteiger partial charge in [-0.15, -0.1) is 0 Å². The van der Waals surface area contributed by atoms with E-state index in [0.717, 1.165) is 21.2 Å². The predicted octanol–water partition coefficient (Wildman–Crippen LogP) is 3.56. The van der Waals surface area contributed by atoms with E-state index in [-0.39, 0.29) is 17.3 Å². The number of benzene rings is 3. The van der Waals surface area contributed by atoms with Crippen molar-refractivity contribution in [3.8, 4) is 5.75 Å². The summed E-state index contributed by atoms with van der Waals surface area (Å²) in [7, 11) is -2.29. The molecule has 0 atom stereocenters. The van der Waals surface area contributed by atoms with Gasteiger partial charge in [-0.2, -0.15) is 0 Å². The van der Waals surface area contributed by atoms with E-state index in [1.807, 2.05) is 37.3 Å². The zero-order chi connectivity index (χ0) is 22.3. The number of sulfonamides is 1. The maximum atomic E-state index is 13.3. The third-order valence-electron chi connectivity index (χ3n) is 4.80. The van der Waals surface area contributed by atoms with E-state index in [4.69, 9.17) is 4.74 Å². The van der Waals surface area contributed by atoms with E-state index >= 15 is 0 Å². The average Bonchev–Trinajstić information content (AvgIpc) is 2.78. The number of nitrogens with zero attached hydrogens (tertiary/aromatic N) is 1. The number of anilines is 1. The normalized spacial score (nSPS) is 11.0. The summed E-state index contributed by atoms with van der Waals surface area (Å²) in [6.45, 7) is 1.93. The van der Waals surface area contributed by atoms with Crippen LogP contribution in [0.5, 0.6) is 5.75 Å². The summed E-state index contributed by atoms with van der Waals surface area (Å²) in [5.41, 5.74) is 2.32. The Morgan fingerprint density at radius 1 is 0.968 bits per heavy atom. The highest BCUT2D eigenvalue weighted by Gasteiger charge is 2.27. The number of rotatable bonds is 9. The average molecular weight is 439 g/mol. The first-order valence-electron chi connectivity index (χ1n) is 9.94.